The van der Waals surface area contributed by atoms with Crippen molar-refractivity contribution in [2.45, 2.75) is 25.7 Å². The number of carbonyl (C=O) groups excluding carboxylic acids is 1. The molecule has 3 nitrogen and oxygen atoms in total. The molecule has 1 aromatic carbocycles. The highest BCUT2D eigenvalue weighted by Gasteiger charge is 2.18. The Hall–Kier alpha value is -0.870. The molecule has 2 heterocycles. The topological polar surface area (TPSA) is 23.6 Å². The van der Waals surface area contributed by atoms with Gasteiger partial charge in [-0.1, -0.05) is 15.9 Å². The van der Waals surface area contributed by atoms with E-state index in [-0.39, 0.29) is 5.91 Å². The van der Waals surface area contributed by atoms with Crippen LogP contribution in [-0.4, -0.2) is 48.9 Å². The van der Waals surface area contributed by atoms with Crippen LogP contribution in [0.4, 0.5) is 0 Å². The minimum Gasteiger partial charge on any atom is -0.339 e. The van der Waals surface area contributed by atoms with Crippen LogP contribution in [0.25, 0.3) is 0 Å². The molecule has 1 amide bonds. The minimum atomic E-state index is 0.162. The molecule has 4 heteroatoms. The number of rotatable bonds is 1. The predicted octanol–water partition coefficient (Wildman–Crippen LogP) is 3.40. The number of amides is 1. The number of halogens is 1. The Morgan fingerprint density at radius 2 is 1.45 bits per heavy atom. The Morgan fingerprint density at radius 1 is 0.950 bits per heavy atom. The minimum absolute atomic E-state index is 0.162. The van der Waals surface area contributed by atoms with Gasteiger partial charge in [0.2, 0.25) is 0 Å². The maximum atomic E-state index is 11.9. The van der Waals surface area contributed by atoms with E-state index >= 15 is 0 Å². The first-order valence-electron chi connectivity index (χ1n) is 7.40. The molecular weight excluding hydrogens is 316 g/mol. The molecule has 2 saturated heterocycles. The van der Waals surface area contributed by atoms with Gasteiger partial charge in [0, 0.05) is 23.1 Å². The molecule has 0 aliphatic carbocycles. The largest absolute Gasteiger partial charge is 0.339 e. The van der Waals surface area contributed by atoms with Gasteiger partial charge in [0.15, 0.2) is 0 Å². The molecule has 110 valence electrons. The van der Waals surface area contributed by atoms with Crippen molar-refractivity contribution in [2.24, 2.45) is 0 Å². The van der Waals surface area contributed by atoms with Crippen molar-refractivity contribution in [1.82, 2.24) is 9.80 Å². The van der Waals surface area contributed by atoms with Gasteiger partial charge in [-0.05, 0) is 70.1 Å². The third-order valence-electron chi connectivity index (χ3n) is 3.81. The van der Waals surface area contributed by atoms with Crippen molar-refractivity contribution in [2.75, 3.05) is 33.2 Å². The lowest BCUT2D eigenvalue weighted by atomic mass is 10.2. The maximum Gasteiger partial charge on any atom is 0.253 e. The smallest absolute Gasteiger partial charge is 0.253 e. The Kier molecular flexibility index (Phi) is 6.05. The van der Waals surface area contributed by atoms with Crippen molar-refractivity contribution in [3.05, 3.63) is 34.3 Å². The normalized spacial score (nSPS) is 18.8. The lowest BCUT2D eigenvalue weighted by molar-refractivity contribution is 0.0793. The lowest BCUT2D eigenvalue weighted by Crippen LogP contribution is -2.27. The number of carbonyl (C=O) groups is 1. The van der Waals surface area contributed by atoms with Crippen LogP contribution in [0.15, 0.2) is 28.7 Å². The van der Waals surface area contributed by atoms with Gasteiger partial charge in [0.05, 0.1) is 0 Å². The van der Waals surface area contributed by atoms with E-state index in [1.807, 2.05) is 29.2 Å². The fourth-order valence-corrected chi connectivity index (χ4v) is 2.83. The molecule has 3 rings (SSSR count). The van der Waals surface area contributed by atoms with E-state index in [4.69, 9.17) is 0 Å². The van der Waals surface area contributed by atoms with E-state index in [1.54, 1.807) is 0 Å². The van der Waals surface area contributed by atoms with E-state index in [2.05, 4.69) is 27.9 Å². The predicted molar refractivity (Wildman–Crippen MR) is 86.0 cm³/mol. The van der Waals surface area contributed by atoms with Crippen LogP contribution in [0, 0.1) is 0 Å². The van der Waals surface area contributed by atoms with Crippen LogP contribution < -0.4 is 0 Å². The number of benzene rings is 1. The molecule has 2 fully saturated rings. The van der Waals surface area contributed by atoms with E-state index in [1.165, 1.54) is 25.9 Å². The number of likely N-dealkylation sites (tertiary alicyclic amines) is 2. The van der Waals surface area contributed by atoms with Crippen molar-refractivity contribution < 1.29 is 4.79 Å². The summed E-state index contributed by atoms with van der Waals surface area (Å²) in [6, 6.07) is 7.54. The summed E-state index contributed by atoms with van der Waals surface area (Å²) in [4.78, 5) is 16.1. The fraction of sp³-hybridized carbons (Fsp3) is 0.562. The maximum absolute atomic E-state index is 11.9. The summed E-state index contributed by atoms with van der Waals surface area (Å²) < 4.78 is 1.01. The fourth-order valence-electron chi connectivity index (χ4n) is 2.57. The molecule has 0 unspecified atom stereocenters. The average Bonchev–Trinajstić information content (AvgIpc) is 3.12. The molecule has 0 radical (unpaired) electrons. The number of nitrogens with zero attached hydrogens (tertiary/aromatic N) is 2. The van der Waals surface area contributed by atoms with E-state index in [9.17, 15) is 4.79 Å². The second-order valence-corrected chi connectivity index (χ2v) is 6.43. The van der Waals surface area contributed by atoms with Crippen molar-refractivity contribution >= 4 is 21.8 Å². The first-order chi connectivity index (χ1) is 9.66. The van der Waals surface area contributed by atoms with Gasteiger partial charge in [0.25, 0.3) is 5.91 Å². The third kappa shape index (κ3) is 4.60. The average molecular weight is 339 g/mol. The van der Waals surface area contributed by atoms with Crippen molar-refractivity contribution in [3.63, 3.8) is 0 Å². The molecule has 0 spiro atoms. The Balaban J connectivity index is 0.000000205. The zero-order valence-electron chi connectivity index (χ0n) is 12.1. The molecule has 2 aliphatic heterocycles. The summed E-state index contributed by atoms with van der Waals surface area (Å²) in [7, 11) is 2.17. The van der Waals surface area contributed by atoms with E-state index < -0.39 is 0 Å². The van der Waals surface area contributed by atoms with Gasteiger partial charge in [-0.15, -0.1) is 0 Å². The molecule has 1 aromatic rings. The van der Waals surface area contributed by atoms with E-state index in [0.29, 0.717) is 0 Å². The summed E-state index contributed by atoms with van der Waals surface area (Å²) in [6.07, 6.45) is 5.11. The summed E-state index contributed by atoms with van der Waals surface area (Å²) in [5, 5.41) is 0. The van der Waals surface area contributed by atoms with Gasteiger partial charge >= 0.3 is 0 Å². The number of hydrogen-bond acceptors (Lipinski definition) is 2. The van der Waals surface area contributed by atoms with Gasteiger partial charge < -0.3 is 9.80 Å². The second-order valence-electron chi connectivity index (χ2n) is 5.52. The van der Waals surface area contributed by atoms with Gasteiger partial charge in [-0.3, -0.25) is 4.79 Å². The van der Waals surface area contributed by atoms with Crippen LogP contribution in [0.2, 0.25) is 0 Å². The molecule has 20 heavy (non-hydrogen) atoms. The van der Waals surface area contributed by atoms with Crippen LogP contribution in [-0.2, 0) is 0 Å². The first kappa shape index (κ1) is 15.5. The SMILES string of the molecule is CN1CCCC1.O=C(c1ccc(Br)cc1)N1CCCC1. The van der Waals surface area contributed by atoms with Gasteiger partial charge in [-0.25, -0.2) is 0 Å². The Bertz CT molecular complexity index is 421. The summed E-state index contributed by atoms with van der Waals surface area (Å²) in [6.45, 7) is 4.46. The third-order valence-corrected chi connectivity index (χ3v) is 4.34. The standard InChI is InChI=1S/C11H12BrNO.C5H11N/c12-10-5-3-9(4-6-10)11(14)13-7-1-2-8-13;1-6-4-2-3-5-6/h3-6H,1-2,7-8H2;2-5H2,1H3. The Morgan fingerprint density at radius 3 is 1.90 bits per heavy atom. The van der Waals surface area contributed by atoms with E-state index in [0.717, 1.165) is 36.0 Å². The molecule has 0 atom stereocenters. The molecule has 2 aliphatic rings. The van der Waals surface area contributed by atoms with Crippen molar-refractivity contribution in [1.29, 1.82) is 0 Å². The van der Waals surface area contributed by atoms with Crippen LogP contribution in [0.5, 0.6) is 0 Å². The Labute approximate surface area is 130 Å². The van der Waals surface area contributed by atoms with Crippen LogP contribution in [0.3, 0.4) is 0 Å². The highest BCUT2D eigenvalue weighted by molar-refractivity contribution is 9.10. The molecule has 0 aromatic heterocycles. The summed E-state index contributed by atoms with van der Waals surface area (Å²) in [5.41, 5.74) is 0.787. The molecule has 0 saturated carbocycles. The lowest BCUT2D eigenvalue weighted by Gasteiger charge is -2.14. The van der Waals surface area contributed by atoms with Crippen LogP contribution in [0.1, 0.15) is 36.0 Å². The molecule has 0 bridgehead atoms. The van der Waals surface area contributed by atoms with Gasteiger partial charge in [-0.2, -0.15) is 0 Å². The molecule has 0 N–H and O–H groups in total. The highest BCUT2D eigenvalue weighted by atomic mass is 79.9. The zero-order valence-corrected chi connectivity index (χ0v) is 13.7. The summed E-state index contributed by atoms with van der Waals surface area (Å²) in [5.74, 6) is 0.162. The quantitative estimate of drug-likeness (QED) is 0.783. The summed E-state index contributed by atoms with van der Waals surface area (Å²) >= 11 is 3.35. The number of hydrogen-bond donors (Lipinski definition) is 0. The molecular formula is C16H23BrN2O. The van der Waals surface area contributed by atoms with Crippen molar-refractivity contribution in [3.8, 4) is 0 Å². The van der Waals surface area contributed by atoms with Gasteiger partial charge in [0.1, 0.15) is 0 Å². The zero-order chi connectivity index (χ0) is 14.4. The monoisotopic (exact) mass is 338 g/mol. The first-order valence-corrected chi connectivity index (χ1v) is 8.19. The second kappa shape index (κ2) is 7.79. The van der Waals surface area contributed by atoms with Crippen LogP contribution >= 0.6 is 15.9 Å². The highest BCUT2D eigenvalue weighted by Crippen LogP contribution is 2.15.